The highest BCUT2D eigenvalue weighted by Gasteiger charge is 2.13. The second kappa shape index (κ2) is 8.08. The van der Waals surface area contributed by atoms with Crippen molar-refractivity contribution in [3.63, 3.8) is 0 Å². The number of nitrogens with two attached hydrogens (primary N) is 1. The molecule has 0 saturated heterocycles. The summed E-state index contributed by atoms with van der Waals surface area (Å²) in [7, 11) is 0. The molecule has 2 heterocycles. The Balaban J connectivity index is 1.43. The van der Waals surface area contributed by atoms with Crippen molar-refractivity contribution >= 4 is 27.3 Å². The molecule has 152 valence electrons. The topological polar surface area (TPSA) is 76.9 Å². The van der Waals surface area contributed by atoms with Crippen LogP contribution < -0.4 is 10.5 Å². The van der Waals surface area contributed by atoms with Gasteiger partial charge in [0.05, 0.1) is 10.6 Å². The first-order chi connectivity index (χ1) is 15.2. The van der Waals surface area contributed by atoms with Crippen molar-refractivity contribution in [2.45, 2.75) is 6.61 Å². The Bertz CT molecular complexity index is 1350. The number of nitrogens with zero attached hydrogens (tertiary/aromatic N) is 2. The number of para-hydroxylation sites is 1. The molecule has 5 rings (SSSR count). The van der Waals surface area contributed by atoms with Crippen LogP contribution in [0.4, 0.5) is 0 Å². The van der Waals surface area contributed by atoms with Gasteiger partial charge in [-0.3, -0.25) is 5.41 Å². The third-order valence-corrected chi connectivity index (χ3v) is 6.24. The van der Waals surface area contributed by atoms with Crippen LogP contribution in [0.5, 0.6) is 5.75 Å². The van der Waals surface area contributed by atoms with Crippen LogP contribution in [-0.4, -0.2) is 15.6 Å². The second-order valence-electron chi connectivity index (χ2n) is 7.14. The molecule has 6 heteroatoms. The van der Waals surface area contributed by atoms with Crippen LogP contribution in [0.1, 0.15) is 10.4 Å². The number of benzene rings is 3. The van der Waals surface area contributed by atoms with Gasteiger partial charge in [0.2, 0.25) is 0 Å². The number of nitrogen functional groups attached to an aromatic ring is 1. The molecular formula is C25H20N4OS. The lowest BCUT2D eigenvalue weighted by Gasteiger charge is -2.13. The molecule has 5 aromatic rings. The first-order valence-electron chi connectivity index (χ1n) is 9.87. The zero-order chi connectivity index (χ0) is 21.2. The fraction of sp³-hybridized carbons (Fsp3) is 0.0400. The summed E-state index contributed by atoms with van der Waals surface area (Å²) in [6.07, 6.45) is 3.69. The number of thiophene rings is 1. The average Bonchev–Trinajstić information content (AvgIpc) is 3.48. The minimum absolute atomic E-state index is 0.0928. The molecule has 2 aromatic heterocycles. The summed E-state index contributed by atoms with van der Waals surface area (Å²) in [5, 5.41) is 13.1. The number of aromatic nitrogens is 2. The van der Waals surface area contributed by atoms with Gasteiger partial charge in [0, 0.05) is 28.0 Å². The van der Waals surface area contributed by atoms with Crippen LogP contribution in [-0.2, 0) is 6.61 Å². The molecule has 0 aliphatic heterocycles. The molecule has 0 saturated carbocycles. The summed E-state index contributed by atoms with van der Waals surface area (Å²) in [5.41, 5.74) is 9.91. The van der Waals surface area contributed by atoms with Crippen LogP contribution in [0.2, 0.25) is 0 Å². The molecule has 0 atom stereocenters. The van der Waals surface area contributed by atoms with Crippen LogP contribution >= 0.6 is 11.3 Å². The number of rotatable bonds is 6. The Morgan fingerprint density at radius 3 is 2.55 bits per heavy atom. The fourth-order valence-corrected chi connectivity index (χ4v) is 4.52. The van der Waals surface area contributed by atoms with E-state index in [1.54, 1.807) is 6.20 Å². The number of amidine groups is 1. The normalized spacial score (nSPS) is 11.0. The predicted octanol–water partition coefficient (Wildman–Crippen LogP) is 5.62. The van der Waals surface area contributed by atoms with E-state index in [-0.39, 0.29) is 5.84 Å². The van der Waals surface area contributed by atoms with Gasteiger partial charge in [-0.05, 0) is 47.5 Å². The van der Waals surface area contributed by atoms with Gasteiger partial charge in [0.15, 0.2) is 0 Å². The van der Waals surface area contributed by atoms with Crippen molar-refractivity contribution in [2.24, 2.45) is 5.73 Å². The number of ether oxygens (including phenoxy) is 1. The first kappa shape index (κ1) is 19.1. The lowest BCUT2D eigenvalue weighted by molar-refractivity contribution is 0.307. The van der Waals surface area contributed by atoms with Gasteiger partial charge < -0.3 is 10.5 Å². The van der Waals surface area contributed by atoms with Crippen molar-refractivity contribution in [3.05, 3.63) is 102 Å². The minimum Gasteiger partial charge on any atom is -0.488 e. The molecule has 0 bridgehead atoms. The molecule has 3 N–H and O–H groups in total. The van der Waals surface area contributed by atoms with E-state index in [0.717, 1.165) is 43.1 Å². The number of nitrogens with one attached hydrogen (secondary N) is 1. The summed E-state index contributed by atoms with van der Waals surface area (Å²) < 4.78 is 9.16. The number of hydrogen-bond acceptors (Lipinski definition) is 4. The Morgan fingerprint density at radius 1 is 0.968 bits per heavy atom. The van der Waals surface area contributed by atoms with Gasteiger partial charge in [-0.1, -0.05) is 42.5 Å². The molecular weight excluding hydrogens is 404 g/mol. The Labute approximate surface area is 183 Å². The van der Waals surface area contributed by atoms with Crippen LogP contribution in [0.15, 0.2) is 91.3 Å². The molecule has 31 heavy (non-hydrogen) atoms. The zero-order valence-electron chi connectivity index (χ0n) is 16.7. The van der Waals surface area contributed by atoms with E-state index < -0.39 is 0 Å². The second-order valence-corrected chi connectivity index (χ2v) is 8.23. The molecule has 0 aliphatic carbocycles. The van der Waals surface area contributed by atoms with E-state index >= 15 is 0 Å². The first-order valence-corrected chi connectivity index (χ1v) is 10.7. The van der Waals surface area contributed by atoms with E-state index in [1.807, 2.05) is 59.4 Å². The average molecular weight is 425 g/mol. The van der Waals surface area contributed by atoms with Gasteiger partial charge in [0.1, 0.15) is 18.2 Å². The van der Waals surface area contributed by atoms with Crippen LogP contribution in [0, 0.1) is 5.41 Å². The van der Waals surface area contributed by atoms with Crippen molar-refractivity contribution in [3.8, 4) is 22.6 Å². The van der Waals surface area contributed by atoms with Gasteiger partial charge in [-0.2, -0.15) is 5.10 Å². The highest BCUT2D eigenvalue weighted by atomic mass is 32.1. The summed E-state index contributed by atoms with van der Waals surface area (Å²) in [6.45, 7) is 0.467. The Morgan fingerprint density at radius 2 is 1.77 bits per heavy atom. The molecule has 0 amide bonds. The van der Waals surface area contributed by atoms with Crippen molar-refractivity contribution in [2.75, 3.05) is 0 Å². The van der Waals surface area contributed by atoms with E-state index in [2.05, 4.69) is 35.4 Å². The maximum Gasteiger partial charge on any atom is 0.133 e. The third-order valence-electron chi connectivity index (χ3n) is 5.10. The van der Waals surface area contributed by atoms with Gasteiger partial charge in [-0.25, -0.2) is 4.68 Å². The molecule has 0 aliphatic rings. The smallest absolute Gasteiger partial charge is 0.133 e. The van der Waals surface area contributed by atoms with Crippen LogP contribution in [0.25, 0.3) is 26.9 Å². The molecule has 0 radical (unpaired) electrons. The minimum atomic E-state index is 0.0928. The summed E-state index contributed by atoms with van der Waals surface area (Å²) in [5.74, 6) is 0.914. The maximum absolute atomic E-state index is 7.77. The van der Waals surface area contributed by atoms with Crippen molar-refractivity contribution in [1.82, 2.24) is 9.78 Å². The SMILES string of the molecule is N=C(N)c1cc2c(-c3ccccc3OCc3ccc(-n4cccn4)cc3)cccc2s1. The van der Waals surface area contributed by atoms with E-state index in [9.17, 15) is 0 Å². The lowest BCUT2D eigenvalue weighted by atomic mass is 10.0. The van der Waals surface area contributed by atoms with Gasteiger partial charge in [-0.15, -0.1) is 11.3 Å². The quantitative estimate of drug-likeness (QED) is 0.274. The van der Waals surface area contributed by atoms with E-state index in [1.165, 1.54) is 11.3 Å². The number of fused-ring (bicyclic) bond motifs is 1. The predicted molar refractivity (Wildman–Crippen MR) is 126 cm³/mol. The fourth-order valence-electron chi connectivity index (χ4n) is 3.57. The Kier molecular flexibility index (Phi) is 4.98. The largest absolute Gasteiger partial charge is 0.488 e. The van der Waals surface area contributed by atoms with E-state index in [4.69, 9.17) is 15.9 Å². The van der Waals surface area contributed by atoms with Crippen molar-refractivity contribution < 1.29 is 4.74 Å². The highest BCUT2D eigenvalue weighted by molar-refractivity contribution is 7.20. The zero-order valence-corrected chi connectivity index (χ0v) is 17.5. The highest BCUT2D eigenvalue weighted by Crippen LogP contribution is 2.38. The third kappa shape index (κ3) is 3.81. The molecule has 3 aromatic carbocycles. The van der Waals surface area contributed by atoms with E-state index in [0.29, 0.717) is 6.61 Å². The molecule has 5 nitrogen and oxygen atoms in total. The lowest BCUT2D eigenvalue weighted by Crippen LogP contribution is -2.08. The summed E-state index contributed by atoms with van der Waals surface area (Å²) in [4.78, 5) is 0.776. The molecule has 0 fully saturated rings. The number of hydrogen-bond donors (Lipinski definition) is 2. The Hall–Kier alpha value is -3.90. The molecule has 0 spiro atoms. The maximum atomic E-state index is 7.77. The van der Waals surface area contributed by atoms with Crippen LogP contribution in [0.3, 0.4) is 0 Å². The van der Waals surface area contributed by atoms with Gasteiger partial charge >= 0.3 is 0 Å². The van der Waals surface area contributed by atoms with Crippen molar-refractivity contribution in [1.29, 1.82) is 5.41 Å². The monoisotopic (exact) mass is 424 g/mol. The summed E-state index contributed by atoms with van der Waals surface area (Å²) >= 11 is 1.53. The standard InChI is InChI=1S/C25H20N4OS/c26-25(27)24-15-21-19(6-3-8-23(21)31-24)20-5-1-2-7-22(20)30-16-17-9-11-18(12-10-17)29-14-4-13-28-29/h1-15H,16H2,(H3,26,27). The van der Waals surface area contributed by atoms with Gasteiger partial charge in [0.25, 0.3) is 0 Å². The molecule has 0 unspecified atom stereocenters. The summed E-state index contributed by atoms with van der Waals surface area (Å²) in [6, 6.07) is 26.3.